The lowest BCUT2D eigenvalue weighted by atomic mass is 10.1. The normalized spacial score (nSPS) is 17.7. The lowest BCUT2D eigenvalue weighted by molar-refractivity contribution is -0.617. The number of hydrogen-bond donors (Lipinski definition) is 6. The third kappa shape index (κ3) is 6.84. The number of hydrogen-bond acceptors (Lipinski definition) is 9. The van der Waals surface area contributed by atoms with Gasteiger partial charge in [0.2, 0.25) is 0 Å². The van der Waals surface area contributed by atoms with E-state index in [0.717, 1.165) is 17.8 Å². The van der Waals surface area contributed by atoms with Gasteiger partial charge in [0.25, 0.3) is 11.8 Å². The fourth-order valence-corrected chi connectivity index (χ4v) is 4.89. The first-order chi connectivity index (χ1) is 17.8. The van der Waals surface area contributed by atoms with E-state index >= 15 is 0 Å². The average Bonchev–Trinajstić information content (AvgIpc) is 3.56. The van der Waals surface area contributed by atoms with E-state index in [9.17, 15) is 25.1 Å². The van der Waals surface area contributed by atoms with E-state index in [0.29, 0.717) is 35.1 Å². The van der Waals surface area contributed by atoms with Gasteiger partial charge in [0.05, 0.1) is 31.4 Å². The van der Waals surface area contributed by atoms with Crippen LogP contribution < -0.4 is 21.3 Å². The van der Waals surface area contributed by atoms with Crippen LogP contribution in [0.4, 0.5) is 10.8 Å². The number of nitrogens with one attached hydrogen (secondary N) is 3. The molecule has 1 aliphatic heterocycles. The summed E-state index contributed by atoms with van der Waals surface area (Å²) in [6.07, 6.45) is 1.17. The predicted molar refractivity (Wildman–Crippen MR) is 141 cm³/mol. The second-order valence-corrected chi connectivity index (χ2v) is 9.72. The van der Waals surface area contributed by atoms with Gasteiger partial charge in [-0.25, -0.2) is 4.98 Å². The number of nitriles is 1. The van der Waals surface area contributed by atoms with E-state index in [2.05, 4.69) is 27.0 Å². The summed E-state index contributed by atoms with van der Waals surface area (Å²) in [5, 5.41) is 41.9. The number of nitrogens with zero attached hydrogens (tertiary/aromatic N) is 3. The van der Waals surface area contributed by atoms with Crippen LogP contribution in [0.5, 0.6) is 0 Å². The summed E-state index contributed by atoms with van der Waals surface area (Å²) in [7, 11) is 3.68. The van der Waals surface area contributed by atoms with Gasteiger partial charge in [-0.3, -0.25) is 9.59 Å². The minimum atomic E-state index is -1.95. The summed E-state index contributed by atoms with van der Waals surface area (Å²) in [4.78, 5) is 31.9. The Kier molecular flexibility index (Phi) is 9.99. The standard InChI is InChI=1S/C25H33N7O4S/c1-15(16-7-9-17(10-8-16)29-12-5-11-27-2)30-23(35)21(33)22(34)24(36)32-13-4-6-18(32)20-19(14-26)37-25(28-3)31-20/h5,7-10,12,15,18,21-22,27,29,33-34H,4,6,11,13H2,1-3H3,(H,28,31)(H,30,35)/p+1/b12-5-/t15-,18-,21-,22-/m1/s1. The van der Waals surface area contributed by atoms with Crippen LogP contribution in [-0.4, -0.2) is 71.3 Å². The van der Waals surface area contributed by atoms with Crippen molar-refractivity contribution in [3.63, 3.8) is 0 Å². The summed E-state index contributed by atoms with van der Waals surface area (Å²) >= 11 is 1.19. The SMILES string of the molecule is CNc1nc([C@H]2CCCN2C(=O)[C@H](O)[C@@H](O)C(=O)N[C@H](C)c2ccc(N/C=C\C[NH2+]C)cc2)c(C#N)s1. The minimum Gasteiger partial charge on any atom is -0.380 e. The summed E-state index contributed by atoms with van der Waals surface area (Å²) < 4.78 is 0. The highest BCUT2D eigenvalue weighted by molar-refractivity contribution is 7.16. The molecule has 1 fully saturated rings. The van der Waals surface area contributed by atoms with Gasteiger partial charge in [0.15, 0.2) is 17.3 Å². The molecule has 198 valence electrons. The number of carbonyl (C=O) groups is 2. The fraction of sp³-hybridized carbons (Fsp3) is 0.440. The second kappa shape index (κ2) is 13.2. The molecule has 0 saturated carbocycles. The van der Waals surface area contributed by atoms with Gasteiger partial charge in [-0.15, -0.1) is 0 Å². The van der Waals surface area contributed by atoms with Crippen molar-refractivity contribution in [3.05, 3.63) is 52.7 Å². The quantitative estimate of drug-likeness (QED) is 0.244. The van der Waals surface area contributed by atoms with Crippen LogP contribution in [0.15, 0.2) is 36.5 Å². The number of rotatable bonds is 11. The van der Waals surface area contributed by atoms with Gasteiger partial charge < -0.3 is 36.4 Å². The largest absolute Gasteiger partial charge is 0.380 e. The number of thiazole rings is 1. The molecule has 1 saturated heterocycles. The molecule has 12 heteroatoms. The van der Waals surface area contributed by atoms with Crippen LogP contribution in [0.2, 0.25) is 0 Å². The number of likely N-dealkylation sites (N-methyl/N-ethyl adjacent to an activating group) is 1. The maximum atomic E-state index is 13.1. The van der Waals surface area contributed by atoms with Crippen LogP contribution in [-0.2, 0) is 9.59 Å². The number of benzene rings is 1. The Hall–Kier alpha value is -3.50. The van der Waals surface area contributed by atoms with Crippen molar-refractivity contribution in [1.82, 2.24) is 15.2 Å². The molecule has 0 radical (unpaired) electrons. The molecule has 2 aromatic rings. The van der Waals surface area contributed by atoms with E-state index < -0.39 is 36.1 Å². The Labute approximate surface area is 220 Å². The summed E-state index contributed by atoms with van der Waals surface area (Å²) in [6, 6.07) is 8.56. The molecule has 4 atom stereocenters. The smallest absolute Gasteiger partial charge is 0.255 e. The highest BCUT2D eigenvalue weighted by atomic mass is 32.1. The minimum absolute atomic E-state index is 0.328. The Morgan fingerprint density at radius 2 is 2.05 bits per heavy atom. The van der Waals surface area contributed by atoms with Crippen molar-refractivity contribution >= 4 is 34.0 Å². The molecule has 0 bridgehead atoms. The number of quaternary nitrogens is 1. The Bertz CT molecular complexity index is 1140. The molecular formula is C25H34N7O4S+. The number of anilines is 2. The van der Waals surface area contributed by atoms with Gasteiger partial charge in [0, 0.05) is 25.5 Å². The molecule has 0 aliphatic carbocycles. The van der Waals surface area contributed by atoms with Crippen LogP contribution in [0.1, 0.15) is 48.0 Å². The number of likely N-dealkylation sites (tertiary alicyclic amines) is 1. The second-order valence-electron chi connectivity index (χ2n) is 8.72. The first-order valence-electron chi connectivity index (χ1n) is 12.2. The van der Waals surface area contributed by atoms with Gasteiger partial charge in [-0.1, -0.05) is 23.5 Å². The Morgan fingerprint density at radius 3 is 2.70 bits per heavy atom. The van der Waals surface area contributed by atoms with Crippen molar-refractivity contribution in [2.75, 3.05) is 37.8 Å². The van der Waals surface area contributed by atoms with Crippen molar-refractivity contribution in [2.45, 2.75) is 44.1 Å². The lowest BCUT2D eigenvalue weighted by Gasteiger charge is -2.28. The number of carbonyl (C=O) groups excluding carboxylic acids is 2. The number of nitrogens with two attached hydrogens (primary N) is 1. The molecule has 0 unspecified atom stereocenters. The topological polar surface area (TPSA) is 167 Å². The molecule has 1 aromatic heterocycles. The highest BCUT2D eigenvalue weighted by Crippen LogP contribution is 2.37. The van der Waals surface area contributed by atoms with Crippen LogP contribution in [0.3, 0.4) is 0 Å². The molecule has 3 rings (SSSR count). The van der Waals surface area contributed by atoms with Crippen molar-refractivity contribution in [1.29, 1.82) is 5.26 Å². The number of aliphatic hydroxyl groups is 2. The molecule has 2 heterocycles. The maximum Gasteiger partial charge on any atom is 0.255 e. The van der Waals surface area contributed by atoms with Gasteiger partial charge in [0.1, 0.15) is 10.9 Å². The van der Waals surface area contributed by atoms with Gasteiger partial charge in [-0.2, -0.15) is 5.26 Å². The van der Waals surface area contributed by atoms with Gasteiger partial charge >= 0.3 is 0 Å². The average molecular weight is 529 g/mol. The van der Waals surface area contributed by atoms with E-state index in [-0.39, 0.29) is 0 Å². The first kappa shape index (κ1) is 28.1. The van der Waals surface area contributed by atoms with E-state index in [1.165, 1.54) is 16.2 Å². The van der Waals surface area contributed by atoms with Crippen molar-refractivity contribution in [3.8, 4) is 6.07 Å². The predicted octanol–water partition coefficient (Wildman–Crippen LogP) is 0.438. The molecular weight excluding hydrogens is 494 g/mol. The third-order valence-corrected chi connectivity index (χ3v) is 7.14. The maximum absolute atomic E-state index is 13.1. The van der Waals surface area contributed by atoms with Crippen LogP contribution in [0.25, 0.3) is 0 Å². The summed E-state index contributed by atoms with van der Waals surface area (Å²) in [6.45, 7) is 2.95. The zero-order chi connectivity index (χ0) is 26.9. The first-order valence-corrected chi connectivity index (χ1v) is 13.0. The highest BCUT2D eigenvalue weighted by Gasteiger charge is 2.40. The molecule has 37 heavy (non-hydrogen) atoms. The summed E-state index contributed by atoms with van der Waals surface area (Å²) in [5.74, 6) is -1.63. The van der Waals surface area contributed by atoms with Crippen molar-refractivity contribution < 1.29 is 25.1 Å². The summed E-state index contributed by atoms with van der Waals surface area (Å²) in [5.41, 5.74) is 2.14. The van der Waals surface area contributed by atoms with Crippen molar-refractivity contribution in [2.24, 2.45) is 0 Å². The fourth-order valence-electron chi connectivity index (χ4n) is 4.12. The molecule has 1 aliphatic rings. The molecule has 1 aromatic carbocycles. The molecule has 11 nitrogen and oxygen atoms in total. The lowest BCUT2D eigenvalue weighted by Crippen LogP contribution is -2.79. The zero-order valence-corrected chi connectivity index (χ0v) is 22.0. The molecule has 7 N–H and O–H groups in total. The monoisotopic (exact) mass is 528 g/mol. The number of aromatic nitrogens is 1. The van der Waals surface area contributed by atoms with E-state index in [1.54, 1.807) is 14.0 Å². The Morgan fingerprint density at radius 1 is 1.32 bits per heavy atom. The number of amides is 2. The zero-order valence-electron chi connectivity index (χ0n) is 21.1. The Balaban J connectivity index is 1.61. The van der Waals surface area contributed by atoms with Crippen LogP contribution >= 0.6 is 11.3 Å². The third-order valence-electron chi connectivity index (χ3n) is 6.15. The number of aliphatic hydroxyl groups excluding tert-OH is 2. The van der Waals surface area contributed by atoms with E-state index in [4.69, 9.17) is 0 Å². The molecule has 0 spiro atoms. The molecule has 2 amide bonds. The van der Waals surface area contributed by atoms with Crippen LogP contribution in [0, 0.1) is 11.3 Å². The van der Waals surface area contributed by atoms with Gasteiger partial charge in [-0.05, 0) is 43.5 Å². The van der Waals surface area contributed by atoms with E-state index in [1.807, 2.05) is 48.9 Å².